The van der Waals surface area contributed by atoms with Gasteiger partial charge in [0.2, 0.25) is 0 Å². The summed E-state index contributed by atoms with van der Waals surface area (Å²) in [4.78, 5) is 0. The van der Waals surface area contributed by atoms with Gasteiger partial charge in [0.15, 0.2) is 0 Å². The summed E-state index contributed by atoms with van der Waals surface area (Å²) in [7, 11) is 0. The Morgan fingerprint density at radius 3 is 2.76 bits per heavy atom. The molecule has 1 N–H and O–H groups in total. The van der Waals surface area contributed by atoms with Crippen LogP contribution in [0.1, 0.15) is 35.8 Å². The summed E-state index contributed by atoms with van der Waals surface area (Å²) in [5.41, 5.74) is 3.97. The normalized spacial score (nSPS) is 19.0. The van der Waals surface area contributed by atoms with E-state index in [0.717, 1.165) is 24.6 Å². The van der Waals surface area contributed by atoms with Gasteiger partial charge in [-0.05, 0) is 42.2 Å². The zero-order valence-corrected chi connectivity index (χ0v) is 12.9. The van der Waals surface area contributed by atoms with Crippen molar-refractivity contribution in [2.24, 2.45) is 0 Å². The molecule has 1 heterocycles. The number of hydrogen-bond donors (Lipinski definition) is 1. The predicted octanol–water partition coefficient (Wildman–Crippen LogP) is 4.30. The lowest BCUT2D eigenvalue weighted by Gasteiger charge is -2.27. The fourth-order valence-corrected chi connectivity index (χ4v) is 2.92. The summed E-state index contributed by atoms with van der Waals surface area (Å²) in [6.45, 7) is 3.79. The van der Waals surface area contributed by atoms with Crippen LogP contribution < -0.4 is 5.32 Å². The van der Waals surface area contributed by atoms with E-state index < -0.39 is 0 Å². The molecule has 0 amide bonds. The average Bonchev–Trinajstić information content (AvgIpc) is 2.53. The Morgan fingerprint density at radius 2 is 1.95 bits per heavy atom. The van der Waals surface area contributed by atoms with Crippen LogP contribution in [0.3, 0.4) is 0 Å². The summed E-state index contributed by atoms with van der Waals surface area (Å²) in [5, 5.41) is 4.33. The van der Waals surface area contributed by atoms with Gasteiger partial charge in [-0.15, -0.1) is 0 Å². The van der Waals surface area contributed by atoms with Crippen molar-refractivity contribution in [1.29, 1.82) is 0 Å². The van der Waals surface area contributed by atoms with Gasteiger partial charge in [0, 0.05) is 17.6 Å². The minimum atomic E-state index is 0.143. The molecule has 0 fully saturated rings. The van der Waals surface area contributed by atoms with Crippen LogP contribution in [0.4, 0.5) is 0 Å². The Balaban J connectivity index is 1.64. The maximum absolute atomic E-state index is 5.93. The van der Waals surface area contributed by atoms with E-state index in [0.29, 0.717) is 0 Å². The highest BCUT2D eigenvalue weighted by Gasteiger charge is 2.20. The number of hydrogen-bond acceptors (Lipinski definition) is 2. The Kier molecular flexibility index (Phi) is 4.59. The van der Waals surface area contributed by atoms with Crippen LogP contribution in [0.25, 0.3) is 0 Å². The second-order valence-corrected chi connectivity index (χ2v) is 5.93. The first kappa shape index (κ1) is 14.6. The van der Waals surface area contributed by atoms with Crippen molar-refractivity contribution in [1.82, 2.24) is 5.32 Å². The van der Waals surface area contributed by atoms with E-state index in [1.165, 1.54) is 16.7 Å². The summed E-state index contributed by atoms with van der Waals surface area (Å²) in [6.07, 6.45) is 1.16. The number of halogens is 1. The van der Waals surface area contributed by atoms with Crippen LogP contribution in [-0.2, 0) is 11.2 Å². The zero-order valence-electron chi connectivity index (χ0n) is 12.2. The maximum Gasteiger partial charge on any atom is 0.0952 e. The SMILES string of the molecule is CC(NCC1OCCc2ccccc21)c1ccc(Cl)cc1. The first-order valence-corrected chi connectivity index (χ1v) is 7.80. The van der Waals surface area contributed by atoms with Gasteiger partial charge in [0.1, 0.15) is 0 Å². The number of ether oxygens (including phenoxy) is 1. The summed E-state index contributed by atoms with van der Waals surface area (Å²) in [6, 6.07) is 16.8. The van der Waals surface area contributed by atoms with Crippen LogP contribution in [0.2, 0.25) is 5.02 Å². The molecule has 0 bridgehead atoms. The molecule has 2 unspecified atom stereocenters. The highest BCUT2D eigenvalue weighted by molar-refractivity contribution is 6.30. The van der Waals surface area contributed by atoms with Crippen molar-refractivity contribution in [2.45, 2.75) is 25.5 Å². The third-order valence-corrected chi connectivity index (χ3v) is 4.32. The molecule has 3 rings (SSSR count). The highest BCUT2D eigenvalue weighted by Crippen LogP contribution is 2.27. The molecule has 3 heteroatoms. The highest BCUT2D eigenvalue weighted by atomic mass is 35.5. The van der Waals surface area contributed by atoms with Gasteiger partial charge < -0.3 is 10.1 Å². The average molecular weight is 302 g/mol. The topological polar surface area (TPSA) is 21.3 Å². The summed E-state index contributed by atoms with van der Waals surface area (Å²) >= 11 is 5.93. The molecule has 21 heavy (non-hydrogen) atoms. The van der Waals surface area contributed by atoms with Gasteiger partial charge in [-0.25, -0.2) is 0 Å². The van der Waals surface area contributed by atoms with E-state index in [9.17, 15) is 0 Å². The van der Waals surface area contributed by atoms with Gasteiger partial charge in [0.25, 0.3) is 0 Å². The molecule has 110 valence electrons. The lowest BCUT2D eigenvalue weighted by molar-refractivity contribution is 0.0410. The first-order chi connectivity index (χ1) is 10.2. The van der Waals surface area contributed by atoms with Gasteiger partial charge in [0.05, 0.1) is 12.7 Å². The summed E-state index contributed by atoms with van der Waals surface area (Å²) in [5.74, 6) is 0. The fraction of sp³-hybridized carbons (Fsp3) is 0.333. The van der Waals surface area contributed by atoms with Gasteiger partial charge in [-0.3, -0.25) is 0 Å². The van der Waals surface area contributed by atoms with Crippen molar-refractivity contribution in [2.75, 3.05) is 13.2 Å². The molecule has 1 aliphatic rings. The van der Waals surface area contributed by atoms with Crippen molar-refractivity contribution in [3.63, 3.8) is 0 Å². The number of rotatable bonds is 4. The van der Waals surface area contributed by atoms with Crippen LogP contribution in [0.5, 0.6) is 0 Å². The van der Waals surface area contributed by atoms with Gasteiger partial charge in [-0.2, -0.15) is 0 Å². The second-order valence-electron chi connectivity index (χ2n) is 5.49. The van der Waals surface area contributed by atoms with Gasteiger partial charge in [-0.1, -0.05) is 48.0 Å². The van der Waals surface area contributed by atoms with Crippen LogP contribution in [-0.4, -0.2) is 13.2 Å². The van der Waals surface area contributed by atoms with Gasteiger partial charge >= 0.3 is 0 Å². The van der Waals surface area contributed by atoms with Crippen molar-refractivity contribution in [3.8, 4) is 0 Å². The smallest absolute Gasteiger partial charge is 0.0952 e. The lowest BCUT2D eigenvalue weighted by atomic mass is 9.97. The zero-order chi connectivity index (χ0) is 14.7. The van der Waals surface area contributed by atoms with E-state index in [4.69, 9.17) is 16.3 Å². The van der Waals surface area contributed by atoms with E-state index in [2.05, 4.69) is 48.6 Å². The number of nitrogens with one attached hydrogen (secondary N) is 1. The molecule has 0 radical (unpaired) electrons. The standard InChI is InChI=1S/C18H20ClNO/c1-13(14-6-8-16(19)9-7-14)20-12-18-17-5-3-2-4-15(17)10-11-21-18/h2-9,13,18,20H,10-12H2,1H3. The van der Waals surface area contributed by atoms with E-state index in [-0.39, 0.29) is 12.1 Å². The molecule has 0 spiro atoms. The van der Waals surface area contributed by atoms with E-state index >= 15 is 0 Å². The third kappa shape index (κ3) is 3.46. The molecule has 2 aromatic carbocycles. The quantitative estimate of drug-likeness (QED) is 0.909. The largest absolute Gasteiger partial charge is 0.372 e. The predicted molar refractivity (Wildman–Crippen MR) is 86.7 cm³/mol. The Labute approximate surface area is 131 Å². The first-order valence-electron chi connectivity index (χ1n) is 7.42. The van der Waals surface area contributed by atoms with Crippen molar-refractivity contribution in [3.05, 3.63) is 70.2 Å². The molecule has 0 saturated heterocycles. The molecule has 2 atom stereocenters. The molecule has 2 nitrogen and oxygen atoms in total. The number of benzene rings is 2. The molecular formula is C18H20ClNO. The minimum absolute atomic E-state index is 0.143. The van der Waals surface area contributed by atoms with Crippen LogP contribution in [0.15, 0.2) is 48.5 Å². The minimum Gasteiger partial charge on any atom is -0.372 e. The van der Waals surface area contributed by atoms with Crippen LogP contribution >= 0.6 is 11.6 Å². The molecule has 0 saturated carbocycles. The summed E-state index contributed by atoms with van der Waals surface area (Å²) < 4.78 is 5.93. The van der Waals surface area contributed by atoms with E-state index in [1.807, 2.05) is 12.1 Å². The molecule has 0 aliphatic carbocycles. The van der Waals surface area contributed by atoms with Crippen molar-refractivity contribution < 1.29 is 4.74 Å². The Morgan fingerprint density at radius 1 is 1.19 bits per heavy atom. The third-order valence-electron chi connectivity index (χ3n) is 4.07. The maximum atomic E-state index is 5.93. The van der Waals surface area contributed by atoms with Crippen LogP contribution in [0, 0.1) is 0 Å². The molecular weight excluding hydrogens is 282 g/mol. The molecule has 2 aromatic rings. The molecule has 1 aliphatic heterocycles. The molecule has 0 aromatic heterocycles. The monoisotopic (exact) mass is 301 g/mol. The Hall–Kier alpha value is -1.35. The number of fused-ring (bicyclic) bond motifs is 1. The Bertz CT molecular complexity index is 596. The van der Waals surface area contributed by atoms with Crippen molar-refractivity contribution >= 4 is 11.6 Å². The van der Waals surface area contributed by atoms with E-state index in [1.54, 1.807) is 0 Å². The second kappa shape index (κ2) is 6.61. The fourth-order valence-electron chi connectivity index (χ4n) is 2.80. The lowest BCUT2D eigenvalue weighted by Crippen LogP contribution is -2.29.